The lowest BCUT2D eigenvalue weighted by atomic mass is 10.2. The minimum atomic E-state index is 0.215. The maximum absolute atomic E-state index is 5.78. The molecule has 1 heterocycles. The molecule has 19 heavy (non-hydrogen) atoms. The number of nitrogens with zero attached hydrogens (tertiary/aromatic N) is 2. The molecule has 0 N–H and O–H groups in total. The molecule has 0 saturated carbocycles. The number of hydrogen-bond acceptors (Lipinski definition) is 4. The van der Waals surface area contributed by atoms with Crippen molar-refractivity contribution in [1.82, 2.24) is 10.2 Å². The average Bonchev–Trinajstić information content (AvgIpc) is 2.93. The van der Waals surface area contributed by atoms with Crippen molar-refractivity contribution in [1.29, 1.82) is 0 Å². The van der Waals surface area contributed by atoms with Crippen molar-refractivity contribution in [3.05, 3.63) is 30.2 Å². The number of para-hydroxylation sites is 1. The van der Waals surface area contributed by atoms with E-state index in [-0.39, 0.29) is 5.88 Å². The third kappa shape index (κ3) is 3.70. The molecule has 2 rings (SSSR count). The highest BCUT2D eigenvalue weighted by atomic mass is 35.5. The van der Waals surface area contributed by atoms with Crippen LogP contribution in [0.5, 0.6) is 5.75 Å². The van der Waals surface area contributed by atoms with Crippen molar-refractivity contribution in [2.75, 3.05) is 6.61 Å². The quantitative estimate of drug-likeness (QED) is 0.567. The van der Waals surface area contributed by atoms with Gasteiger partial charge in [0.2, 0.25) is 5.89 Å². The van der Waals surface area contributed by atoms with Crippen LogP contribution in [0.25, 0.3) is 11.5 Å². The van der Waals surface area contributed by atoms with Crippen LogP contribution in [-0.4, -0.2) is 16.8 Å². The molecule has 5 heteroatoms. The van der Waals surface area contributed by atoms with Crippen LogP contribution in [0.2, 0.25) is 0 Å². The lowest BCUT2D eigenvalue weighted by Crippen LogP contribution is -1.98. The van der Waals surface area contributed by atoms with Gasteiger partial charge in [-0.25, -0.2) is 0 Å². The molecule has 0 unspecified atom stereocenters. The monoisotopic (exact) mass is 280 g/mol. The Balaban J connectivity index is 2.11. The Morgan fingerprint density at radius 2 is 2.05 bits per heavy atom. The first-order valence-corrected chi connectivity index (χ1v) is 6.99. The first-order valence-electron chi connectivity index (χ1n) is 6.45. The molecule has 1 aromatic heterocycles. The summed E-state index contributed by atoms with van der Waals surface area (Å²) in [6.07, 6.45) is 3.38. The Labute approximate surface area is 117 Å². The molecule has 0 saturated heterocycles. The van der Waals surface area contributed by atoms with Crippen LogP contribution < -0.4 is 4.74 Å². The number of alkyl halides is 1. The van der Waals surface area contributed by atoms with Gasteiger partial charge in [0.15, 0.2) is 0 Å². The number of ether oxygens (including phenoxy) is 1. The zero-order chi connectivity index (χ0) is 13.5. The van der Waals surface area contributed by atoms with E-state index in [1.807, 2.05) is 24.3 Å². The third-order valence-electron chi connectivity index (χ3n) is 2.70. The predicted octanol–water partition coefficient (Wildman–Crippen LogP) is 4.04. The van der Waals surface area contributed by atoms with Gasteiger partial charge in [-0.1, -0.05) is 31.9 Å². The van der Waals surface area contributed by atoms with Gasteiger partial charge >= 0.3 is 0 Å². The predicted molar refractivity (Wildman–Crippen MR) is 74.3 cm³/mol. The van der Waals surface area contributed by atoms with Gasteiger partial charge in [0.05, 0.1) is 12.2 Å². The van der Waals surface area contributed by atoms with Gasteiger partial charge in [0.25, 0.3) is 5.89 Å². The summed E-state index contributed by atoms with van der Waals surface area (Å²) in [4.78, 5) is 0. The standard InChI is InChI=1S/C14H17ClN2O2/c1-2-3-6-9-18-12-8-5-4-7-11(12)14-17-16-13(10-15)19-14/h4-5,7-8H,2-3,6,9-10H2,1H3. The third-order valence-corrected chi connectivity index (χ3v) is 2.93. The Kier molecular flexibility index (Phi) is 5.21. The largest absolute Gasteiger partial charge is 0.493 e. The van der Waals surface area contributed by atoms with E-state index in [1.165, 1.54) is 12.8 Å². The van der Waals surface area contributed by atoms with Gasteiger partial charge in [0.1, 0.15) is 11.6 Å². The van der Waals surface area contributed by atoms with E-state index in [0.717, 1.165) is 17.7 Å². The summed E-state index contributed by atoms with van der Waals surface area (Å²) >= 11 is 5.66. The van der Waals surface area contributed by atoms with E-state index >= 15 is 0 Å². The minimum Gasteiger partial charge on any atom is -0.493 e. The van der Waals surface area contributed by atoms with Crippen molar-refractivity contribution in [2.24, 2.45) is 0 Å². The summed E-state index contributed by atoms with van der Waals surface area (Å²) in [6.45, 7) is 2.86. The van der Waals surface area contributed by atoms with Crippen LogP contribution in [-0.2, 0) is 5.88 Å². The smallest absolute Gasteiger partial charge is 0.251 e. The average molecular weight is 281 g/mol. The SMILES string of the molecule is CCCCCOc1ccccc1-c1nnc(CCl)o1. The fraction of sp³-hybridized carbons (Fsp3) is 0.429. The summed E-state index contributed by atoms with van der Waals surface area (Å²) in [5, 5.41) is 7.84. The van der Waals surface area contributed by atoms with Crippen LogP contribution in [0, 0.1) is 0 Å². The van der Waals surface area contributed by atoms with E-state index in [1.54, 1.807) is 0 Å². The molecule has 102 valence electrons. The fourth-order valence-electron chi connectivity index (χ4n) is 1.72. The van der Waals surface area contributed by atoms with Crippen LogP contribution >= 0.6 is 11.6 Å². The van der Waals surface area contributed by atoms with Gasteiger partial charge in [-0.15, -0.1) is 21.8 Å². The van der Waals surface area contributed by atoms with Gasteiger partial charge in [-0.2, -0.15) is 0 Å². The number of aromatic nitrogens is 2. The second-order valence-electron chi connectivity index (χ2n) is 4.19. The molecule has 0 radical (unpaired) electrons. The maximum Gasteiger partial charge on any atom is 0.251 e. The van der Waals surface area contributed by atoms with E-state index in [0.29, 0.717) is 18.4 Å². The second kappa shape index (κ2) is 7.14. The van der Waals surface area contributed by atoms with Crippen LogP contribution in [0.4, 0.5) is 0 Å². The number of unbranched alkanes of at least 4 members (excludes halogenated alkanes) is 2. The fourth-order valence-corrected chi connectivity index (χ4v) is 1.83. The minimum absolute atomic E-state index is 0.215. The van der Waals surface area contributed by atoms with E-state index in [4.69, 9.17) is 20.8 Å². The van der Waals surface area contributed by atoms with Crippen molar-refractivity contribution < 1.29 is 9.15 Å². The molecular formula is C14H17ClN2O2. The number of halogens is 1. The highest BCUT2D eigenvalue weighted by Gasteiger charge is 2.12. The Hall–Kier alpha value is -1.55. The van der Waals surface area contributed by atoms with Gasteiger partial charge in [0, 0.05) is 0 Å². The van der Waals surface area contributed by atoms with Crippen molar-refractivity contribution in [3.8, 4) is 17.2 Å². The molecule has 0 fully saturated rings. The highest BCUT2D eigenvalue weighted by molar-refractivity contribution is 6.16. The van der Waals surface area contributed by atoms with Gasteiger partial charge < -0.3 is 9.15 Å². The molecule has 0 spiro atoms. The molecule has 1 aromatic carbocycles. The normalized spacial score (nSPS) is 10.6. The van der Waals surface area contributed by atoms with Crippen molar-refractivity contribution >= 4 is 11.6 Å². The summed E-state index contributed by atoms with van der Waals surface area (Å²) in [5.41, 5.74) is 0.808. The molecule has 0 amide bonds. The highest BCUT2D eigenvalue weighted by Crippen LogP contribution is 2.29. The molecule has 0 atom stereocenters. The topological polar surface area (TPSA) is 48.2 Å². The number of rotatable bonds is 7. The first-order chi connectivity index (χ1) is 9.35. The van der Waals surface area contributed by atoms with E-state index in [2.05, 4.69) is 17.1 Å². The molecular weight excluding hydrogens is 264 g/mol. The zero-order valence-electron chi connectivity index (χ0n) is 10.9. The summed E-state index contributed by atoms with van der Waals surface area (Å²) < 4.78 is 11.2. The van der Waals surface area contributed by atoms with Gasteiger partial charge in [-0.05, 0) is 18.6 Å². The lowest BCUT2D eigenvalue weighted by molar-refractivity contribution is 0.306. The molecule has 0 bridgehead atoms. The van der Waals surface area contributed by atoms with E-state index < -0.39 is 0 Å². The molecule has 0 aliphatic rings. The lowest BCUT2D eigenvalue weighted by Gasteiger charge is -2.08. The van der Waals surface area contributed by atoms with Crippen molar-refractivity contribution in [2.45, 2.75) is 32.1 Å². The van der Waals surface area contributed by atoms with Crippen LogP contribution in [0.1, 0.15) is 32.1 Å². The Bertz CT molecular complexity index is 514. The van der Waals surface area contributed by atoms with Gasteiger partial charge in [-0.3, -0.25) is 0 Å². The van der Waals surface area contributed by atoms with Crippen molar-refractivity contribution in [3.63, 3.8) is 0 Å². The molecule has 4 nitrogen and oxygen atoms in total. The Morgan fingerprint density at radius 1 is 1.21 bits per heavy atom. The Morgan fingerprint density at radius 3 is 2.79 bits per heavy atom. The summed E-state index contributed by atoms with van der Waals surface area (Å²) in [6, 6.07) is 7.66. The maximum atomic E-state index is 5.78. The summed E-state index contributed by atoms with van der Waals surface area (Å²) in [5.74, 6) is 1.84. The molecule has 0 aliphatic heterocycles. The number of hydrogen-bond donors (Lipinski definition) is 0. The molecule has 2 aromatic rings. The van der Waals surface area contributed by atoms with Crippen LogP contribution in [0.3, 0.4) is 0 Å². The summed E-state index contributed by atoms with van der Waals surface area (Å²) in [7, 11) is 0. The van der Waals surface area contributed by atoms with E-state index in [9.17, 15) is 0 Å². The second-order valence-corrected chi connectivity index (χ2v) is 4.45. The first kappa shape index (κ1) is 13.9. The number of benzene rings is 1. The molecule has 0 aliphatic carbocycles. The van der Waals surface area contributed by atoms with Crippen LogP contribution in [0.15, 0.2) is 28.7 Å². The zero-order valence-corrected chi connectivity index (χ0v) is 11.7.